The number of carbonyl (C=O) groups excluding carboxylic acids is 1. The zero-order chi connectivity index (χ0) is 17.3. The molecule has 2 aromatic carbocycles. The molecule has 1 heterocycles. The van der Waals surface area contributed by atoms with Gasteiger partial charge in [-0.15, -0.1) is 0 Å². The van der Waals surface area contributed by atoms with Crippen LogP contribution in [0.5, 0.6) is 0 Å². The van der Waals surface area contributed by atoms with Crippen LogP contribution in [-0.2, 0) is 0 Å². The summed E-state index contributed by atoms with van der Waals surface area (Å²) in [5.41, 5.74) is 2.01. The first-order valence-corrected chi connectivity index (χ1v) is 8.22. The lowest BCUT2D eigenvalue weighted by molar-refractivity contribution is 0.102. The molecule has 0 aliphatic rings. The number of nitrogens with one attached hydrogen (secondary N) is 2. The lowest BCUT2D eigenvalue weighted by Crippen LogP contribution is -2.12. The number of amides is 1. The number of anilines is 1. The van der Waals surface area contributed by atoms with Gasteiger partial charge in [-0.1, -0.05) is 46.4 Å². The molecule has 0 aliphatic carbocycles. The van der Waals surface area contributed by atoms with E-state index < -0.39 is 0 Å². The van der Waals surface area contributed by atoms with Gasteiger partial charge in [0.1, 0.15) is 5.69 Å². The predicted molar refractivity (Wildman–Crippen MR) is 98.5 cm³/mol. The molecule has 0 spiro atoms. The van der Waals surface area contributed by atoms with Gasteiger partial charge in [0.2, 0.25) is 0 Å². The minimum absolute atomic E-state index is 0.280. The highest BCUT2D eigenvalue weighted by Crippen LogP contribution is 2.30. The highest BCUT2D eigenvalue weighted by Gasteiger charge is 2.14. The average molecular weight is 401 g/mol. The van der Waals surface area contributed by atoms with Crippen LogP contribution in [0.2, 0.25) is 20.1 Å². The first kappa shape index (κ1) is 17.1. The number of aromatic amines is 1. The molecule has 3 rings (SSSR count). The zero-order valence-corrected chi connectivity index (χ0v) is 14.9. The molecule has 1 amide bonds. The van der Waals surface area contributed by atoms with Crippen molar-refractivity contribution in [1.82, 2.24) is 10.2 Å². The normalized spacial score (nSPS) is 10.7. The molecule has 0 fully saturated rings. The molecule has 0 saturated carbocycles. The lowest BCUT2D eigenvalue weighted by Gasteiger charge is -2.04. The lowest BCUT2D eigenvalue weighted by atomic mass is 10.1. The van der Waals surface area contributed by atoms with Gasteiger partial charge in [0.25, 0.3) is 5.91 Å². The Labute approximate surface area is 157 Å². The number of nitrogens with zero attached hydrogens (tertiary/aromatic N) is 1. The number of halogens is 4. The summed E-state index contributed by atoms with van der Waals surface area (Å²) in [6, 6.07) is 11.5. The van der Waals surface area contributed by atoms with Gasteiger partial charge >= 0.3 is 0 Å². The third-order valence-corrected chi connectivity index (χ3v) is 4.49. The molecule has 0 bridgehead atoms. The van der Waals surface area contributed by atoms with Crippen molar-refractivity contribution in [3.05, 3.63) is 68.2 Å². The Hall–Kier alpha value is -1.72. The molecular weight excluding hydrogens is 392 g/mol. The molecule has 4 nitrogen and oxygen atoms in total. The van der Waals surface area contributed by atoms with Crippen molar-refractivity contribution >= 4 is 58.0 Å². The largest absolute Gasteiger partial charge is 0.321 e. The van der Waals surface area contributed by atoms with Crippen LogP contribution in [-0.4, -0.2) is 16.1 Å². The van der Waals surface area contributed by atoms with Gasteiger partial charge < -0.3 is 5.32 Å². The molecule has 0 saturated heterocycles. The first-order chi connectivity index (χ1) is 11.4. The fourth-order valence-corrected chi connectivity index (χ4v) is 2.85. The minimum atomic E-state index is -0.364. The van der Waals surface area contributed by atoms with E-state index in [1.165, 1.54) is 0 Å². The van der Waals surface area contributed by atoms with E-state index in [0.717, 1.165) is 0 Å². The van der Waals surface area contributed by atoms with E-state index in [1.54, 1.807) is 42.5 Å². The molecule has 0 aliphatic heterocycles. The number of hydrogen-bond donors (Lipinski definition) is 2. The second kappa shape index (κ2) is 7.03. The minimum Gasteiger partial charge on any atom is -0.321 e. The monoisotopic (exact) mass is 399 g/mol. The molecule has 3 aromatic rings. The maximum absolute atomic E-state index is 12.3. The zero-order valence-electron chi connectivity index (χ0n) is 11.9. The summed E-state index contributed by atoms with van der Waals surface area (Å²) in [5, 5.41) is 11.2. The Morgan fingerprint density at radius 2 is 1.71 bits per heavy atom. The molecule has 0 atom stereocenters. The van der Waals surface area contributed by atoms with Crippen LogP contribution in [0.25, 0.3) is 11.3 Å². The quantitative estimate of drug-likeness (QED) is 0.571. The smallest absolute Gasteiger partial charge is 0.273 e. The first-order valence-electron chi connectivity index (χ1n) is 6.71. The molecule has 8 heteroatoms. The van der Waals surface area contributed by atoms with Crippen LogP contribution in [0.1, 0.15) is 10.5 Å². The van der Waals surface area contributed by atoms with Crippen LogP contribution in [0, 0.1) is 0 Å². The van der Waals surface area contributed by atoms with Crippen LogP contribution in [0.3, 0.4) is 0 Å². The fourth-order valence-electron chi connectivity index (χ4n) is 2.05. The SMILES string of the molecule is O=C(Nc1ccc(Cl)c(Cl)c1)c1cc(-c2ccc(Cl)cc2Cl)n[nH]1. The number of aromatic nitrogens is 2. The van der Waals surface area contributed by atoms with Crippen molar-refractivity contribution in [2.45, 2.75) is 0 Å². The van der Waals surface area contributed by atoms with Crippen LogP contribution in [0.15, 0.2) is 42.5 Å². The predicted octanol–water partition coefficient (Wildman–Crippen LogP) is 5.94. The van der Waals surface area contributed by atoms with Crippen molar-refractivity contribution in [2.75, 3.05) is 5.32 Å². The van der Waals surface area contributed by atoms with Gasteiger partial charge in [-0.2, -0.15) is 5.10 Å². The van der Waals surface area contributed by atoms with Crippen molar-refractivity contribution < 1.29 is 4.79 Å². The van der Waals surface area contributed by atoms with E-state index in [9.17, 15) is 4.79 Å². The summed E-state index contributed by atoms with van der Waals surface area (Å²) < 4.78 is 0. The van der Waals surface area contributed by atoms with E-state index in [-0.39, 0.29) is 11.6 Å². The Balaban J connectivity index is 1.82. The van der Waals surface area contributed by atoms with Gasteiger partial charge in [0.15, 0.2) is 0 Å². The van der Waals surface area contributed by atoms with Crippen molar-refractivity contribution in [1.29, 1.82) is 0 Å². The summed E-state index contributed by atoms with van der Waals surface area (Å²) in [6.45, 7) is 0. The Morgan fingerprint density at radius 3 is 2.42 bits per heavy atom. The number of rotatable bonds is 3. The van der Waals surface area contributed by atoms with E-state index in [0.29, 0.717) is 37.0 Å². The van der Waals surface area contributed by atoms with Gasteiger partial charge in [0, 0.05) is 16.3 Å². The second-order valence-corrected chi connectivity index (χ2v) is 6.53. The summed E-state index contributed by atoms with van der Waals surface area (Å²) >= 11 is 23.8. The summed E-state index contributed by atoms with van der Waals surface area (Å²) in [7, 11) is 0. The van der Waals surface area contributed by atoms with Gasteiger partial charge in [0.05, 0.1) is 20.8 Å². The average Bonchev–Trinajstić information content (AvgIpc) is 3.01. The molecule has 1 aromatic heterocycles. The summed E-state index contributed by atoms with van der Waals surface area (Å²) in [5.74, 6) is -0.364. The summed E-state index contributed by atoms with van der Waals surface area (Å²) in [4.78, 5) is 12.3. The van der Waals surface area contributed by atoms with Gasteiger partial charge in [-0.3, -0.25) is 9.89 Å². The van der Waals surface area contributed by atoms with Gasteiger partial charge in [-0.05, 0) is 42.5 Å². The number of carbonyl (C=O) groups is 1. The highest BCUT2D eigenvalue weighted by atomic mass is 35.5. The standard InChI is InChI=1S/C16H9Cl4N3O/c17-8-1-3-10(12(19)5-8)14-7-15(23-22-14)16(24)21-9-2-4-11(18)13(20)6-9/h1-7H,(H,21,24)(H,22,23). The number of H-pyrrole nitrogens is 1. The maximum atomic E-state index is 12.3. The van der Waals surface area contributed by atoms with Gasteiger partial charge in [-0.25, -0.2) is 0 Å². The molecule has 0 unspecified atom stereocenters. The Morgan fingerprint density at radius 1 is 0.917 bits per heavy atom. The Bertz CT molecular complexity index is 923. The number of hydrogen-bond acceptors (Lipinski definition) is 2. The van der Waals surface area contributed by atoms with E-state index in [2.05, 4.69) is 15.5 Å². The summed E-state index contributed by atoms with van der Waals surface area (Å²) in [6.07, 6.45) is 0. The fraction of sp³-hybridized carbons (Fsp3) is 0. The second-order valence-electron chi connectivity index (χ2n) is 4.87. The van der Waals surface area contributed by atoms with E-state index in [1.807, 2.05) is 0 Å². The maximum Gasteiger partial charge on any atom is 0.273 e. The van der Waals surface area contributed by atoms with E-state index in [4.69, 9.17) is 46.4 Å². The van der Waals surface area contributed by atoms with E-state index >= 15 is 0 Å². The third kappa shape index (κ3) is 3.68. The topological polar surface area (TPSA) is 57.8 Å². The van der Waals surface area contributed by atoms with Crippen LogP contribution < -0.4 is 5.32 Å². The van der Waals surface area contributed by atoms with Crippen molar-refractivity contribution in [3.63, 3.8) is 0 Å². The van der Waals surface area contributed by atoms with Crippen molar-refractivity contribution in [3.8, 4) is 11.3 Å². The molecule has 122 valence electrons. The Kier molecular flexibility index (Phi) is 5.01. The van der Waals surface area contributed by atoms with Crippen molar-refractivity contribution in [2.24, 2.45) is 0 Å². The van der Waals surface area contributed by atoms with Crippen LogP contribution >= 0.6 is 46.4 Å². The molecule has 24 heavy (non-hydrogen) atoms. The van der Waals surface area contributed by atoms with Crippen LogP contribution in [0.4, 0.5) is 5.69 Å². The third-order valence-electron chi connectivity index (χ3n) is 3.21. The molecule has 0 radical (unpaired) electrons. The highest BCUT2D eigenvalue weighted by molar-refractivity contribution is 6.42. The molecule has 2 N–H and O–H groups in total. The molecular formula is C16H9Cl4N3O. The number of benzene rings is 2.